The van der Waals surface area contributed by atoms with Gasteiger partial charge >= 0.3 is 0 Å². The van der Waals surface area contributed by atoms with Crippen LogP contribution in [0.4, 0.5) is 5.69 Å². The summed E-state index contributed by atoms with van der Waals surface area (Å²) in [4.78, 5) is 16.4. The third-order valence-corrected chi connectivity index (χ3v) is 3.79. The lowest BCUT2D eigenvalue weighted by atomic mass is 10.0. The summed E-state index contributed by atoms with van der Waals surface area (Å²) in [5, 5.41) is 11.9. The van der Waals surface area contributed by atoms with Crippen molar-refractivity contribution in [3.63, 3.8) is 0 Å². The van der Waals surface area contributed by atoms with Crippen molar-refractivity contribution < 1.29 is 4.92 Å². The number of hydrogen-bond acceptors (Lipinski definition) is 3. The van der Waals surface area contributed by atoms with Gasteiger partial charge in [-0.3, -0.25) is 15.0 Å². The van der Waals surface area contributed by atoms with Crippen molar-refractivity contribution in [2.75, 3.05) is 13.1 Å². The maximum atomic E-state index is 10.9. The third kappa shape index (κ3) is 2.10. The minimum absolute atomic E-state index is 0.172. The van der Waals surface area contributed by atoms with Crippen molar-refractivity contribution in [3.05, 3.63) is 39.6 Å². The van der Waals surface area contributed by atoms with Crippen molar-refractivity contribution in [1.29, 1.82) is 0 Å². The van der Waals surface area contributed by atoms with Gasteiger partial charge in [-0.25, -0.2) is 0 Å². The lowest BCUT2D eigenvalue weighted by molar-refractivity contribution is -0.384. The molecule has 5 heteroatoms. The Morgan fingerprint density at radius 3 is 3.05 bits per heavy atom. The second kappa shape index (κ2) is 4.66. The first-order valence-electron chi connectivity index (χ1n) is 6.69. The van der Waals surface area contributed by atoms with Gasteiger partial charge in [-0.2, -0.15) is 0 Å². The number of rotatable bonds is 3. The molecule has 0 amide bonds. The van der Waals surface area contributed by atoms with E-state index in [-0.39, 0.29) is 10.6 Å². The number of aromatic nitrogens is 1. The molecule has 0 atom stereocenters. The number of non-ortho nitro benzene ring substituents is 1. The van der Waals surface area contributed by atoms with E-state index in [1.165, 1.54) is 11.3 Å². The Morgan fingerprint density at radius 1 is 1.47 bits per heavy atom. The van der Waals surface area contributed by atoms with Crippen LogP contribution < -0.4 is 0 Å². The summed E-state index contributed by atoms with van der Waals surface area (Å²) in [5.74, 6) is 0. The van der Waals surface area contributed by atoms with Crippen molar-refractivity contribution >= 4 is 16.6 Å². The Hall–Kier alpha value is -1.88. The minimum atomic E-state index is -0.328. The van der Waals surface area contributed by atoms with Crippen LogP contribution in [0.15, 0.2) is 18.2 Å². The van der Waals surface area contributed by atoms with Crippen molar-refractivity contribution in [3.8, 4) is 0 Å². The monoisotopic (exact) mass is 259 g/mol. The summed E-state index contributed by atoms with van der Waals surface area (Å²) >= 11 is 0. The predicted octanol–water partition coefficient (Wildman–Crippen LogP) is 2.84. The SMILES string of the molecule is CCCN1CCc2c([nH]c3ccc([N+](=O)[O-])cc23)C1. The van der Waals surface area contributed by atoms with Gasteiger partial charge in [-0.05, 0) is 31.0 Å². The fraction of sp³-hybridized carbons (Fsp3) is 0.429. The van der Waals surface area contributed by atoms with Crippen LogP contribution in [-0.2, 0) is 13.0 Å². The van der Waals surface area contributed by atoms with Crippen LogP contribution in [0.25, 0.3) is 10.9 Å². The van der Waals surface area contributed by atoms with Gasteiger partial charge in [0.1, 0.15) is 0 Å². The number of benzene rings is 1. The van der Waals surface area contributed by atoms with Gasteiger partial charge in [-0.15, -0.1) is 0 Å². The number of nitrogens with one attached hydrogen (secondary N) is 1. The second-order valence-corrected chi connectivity index (χ2v) is 5.10. The van der Waals surface area contributed by atoms with Gasteiger partial charge in [0.2, 0.25) is 0 Å². The number of H-pyrrole nitrogens is 1. The first-order valence-corrected chi connectivity index (χ1v) is 6.69. The van der Waals surface area contributed by atoms with Crippen LogP contribution in [0.2, 0.25) is 0 Å². The molecule has 0 saturated carbocycles. The number of nitro groups is 1. The average molecular weight is 259 g/mol. The molecule has 1 aromatic carbocycles. The van der Waals surface area contributed by atoms with E-state index < -0.39 is 0 Å². The largest absolute Gasteiger partial charge is 0.357 e. The van der Waals surface area contributed by atoms with E-state index in [0.717, 1.165) is 43.4 Å². The molecule has 1 aromatic heterocycles. The Balaban J connectivity index is 2.02. The van der Waals surface area contributed by atoms with E-state index in [4.69, 9.17) is 0 Å². The lowest BCUT2D eigenvalue weighted by Gasteiger charge is -2.26. The molecule has 100 valence electrons. The zero-order valence-corrected chi connectivity index (χ0v) is 11.0. The van der Waals surface area contributed by atoms with Crippen LogP contribution in [0.1, 0.15) is 24.6 Å². The molecule has 3 rings (SSSR count). The van der Waals surface area contributed by atoms with Crippen LogP contribution in [0, 0.1) is 10.1 Å². The smallest absolute Gasteiger partial charge is 0.270 e. The van der Waals surface area contributed by atoms with Crippen LogP contribution >= 0.6 is 0 Å². The van der Waals surface area contributed by atoms with E-state index >= 15 is 0 Å². The Morgan fingerprint density at radius 2 is 2.32 bits per heavy atom. The Labute approximate surface area is 111 Å². The highest BCUT2D eigenvalue weighted by molar-refractivity contribution is 5.87. The molecule has 0 spiro atoms. The van der Waals surface area contributed by atoms with Gasteiger partial charge in [0.05, 0.1) is 4.92 Å². The number of nitrogens with zero attached hydrogens (tertiary/aromatic N) is 2. The quantitative estimate of drug-likeness (QED) is 0.681. The van der Waals surface area contributed by atoms with Crippen LogP contribution in [0.3, 0.4) is 0 Å². The zero-order chi connectivity index (χ0) is 13.4. The van der Waals surface area contributed by atoms with Gasteiger partial charge in [0.25, 0.3) is 5.69 Å². The molecule has 0 unspecified atom stereocenters. The van der Waals surface area contributed by atoms with Crippen molar-refractivity contribution in [2.24, 2.45) is 0 Å². The fourth-order valence-corrected chi connectivity index (χ4v) is 2.91. The number of hydrogen-bond donors (Lipinski definition) is 1. The average Bonchev–Trinajstić information content (AvgIpc) is 2.75. The number of aromatic amines is 1. The van der Waals surface area contributed by atoms with E-state index in [0.29, 0.717) is 0 Å². The minimum Gasteiger partial charge on any atom is -0.357 e. The molecule has 2 aromatic rings. The molecule has 1 aliphatic heterocycles. The van der Waals surface area contributed by atoms with Crippen molar-refractivity contribution in [1.82, 2.24) is 9.88 Å². The van der Waals surface area contributed by atoms with E-state index in [1.54, 1.807) is 12.1 Å². The van der Waals surface area contributed by atoms with Crippen LogP contribution in [-0.4, -0.2) is 27.9 Å². The first-order chi connectivity index (χ1) is 9.19. The third-order valence-electron chi connectivity index (χ3n) is 3.79. The molecule has 19 heavy (non-hydrogen) atoms. The second-order valence-electron chi connectivity index (χ2n) is 5.10. The molecule has 5 nitrogen and oxygen atoms in total. The summed E-state index contributed by atoms with van der Waals surface area (Å²) in [7, 11) is 0. The number of nitro benzene ring substituents is 1. The molecule has 1 N–H and O–H groups in total. The van der Waals surface area contributed by atoms with E-state index in [1.807, 2.05) is 6.07 Å². The summed E-state index contributed by atoms with van der Waals surface area (Å²) in [5.41, 5.74) is 3.65. The first kappa shape index (κ1) is 12.2. The molecule has 0 saturated heterocycles. The highest BCUT2D eigenvalue weighted by Crippen LogP contribution is 2.30. The standard InChI is InChI=1S/C14H17N3O2/c1-2-6-16-7-5-11-12-8-10(17(18)19)3-4-13(12)15-14(11)9-16/h3-4,8,15H,2,5-7,9H2,1H3. The van der Waals surface area contributed by atoms with E-state index in [9.17, 15) is 10.1 Å². The highest BCUT2D eigenvalue weighted by atomic mass is 16.6. The van der Waals surface area contributed by atoms with Gasteiger partial charge < -0.3 is 4.98 Å². The molecule has 0 fully saturated rings. The predicted molar refractivity (Wildman–Crippen MR) is 74.2 cm³/mol. The normalized spacial score (nSPS) is 15.6. The van der Waals surface area contributed by atoms with Gasteiger partial charge in [-0.1, -0.05) is 6.92 Å². The summed E-state index contributed by atoms with van der Waals surface area (Å²) in [6, 6.07) is 5.07. The maximum absolute atomic E-state index is 10.9. The Bertz CT molecular complexity index is 633. The molecular formula is C14H17N3O2. The van der Waals surface area contributed by atoms with Gasteiger partial charge in [0.15, 0.2) is 0 Å². The summed E-state index contributed by atoms with van der Waals surface area (Å²) < 4.78 is 0. The highest BCUT2D eigenvalue weighted by Gasteiger charge is 2.21. The Kier molecular flexibility index (Phi) is 2.98. The summed E-state index contributed by atoms with van der Waals surface area (Å²) in [6.07, 6.45) is 2.12. The topological polar surface area (TPSA) is 62.2 Å². The molecule has 1 aliphatic rings. The fourth-order valence-electron chi connectivity index (χ4n) is 2.91. The van der Waals surface area contributed by atoms with Crippen LogP contribution in [0.5, 0.6) is 0 Å². The number of fused-ring (bicyclic) bond motifs is 3. The van der Waals surface area contributed by atoms with Crippen molar-refractivity contribution in [2.45, 2.75) is 26.3 Å². The molecule has 2 heterocycles. The lowest BCUT2D eigenvalue weighted by Crippen LogP contribution is -2.30. The molecule has 0 bridgehead atoms. The molecular weight excluding hydrogens is 242 g/mol. The van der Waals surface area contributed by atoms with E-state index in [2.05, 4.69) is 16.8 Å². The summed E-state index contributed by atoms with van der Waals surface area (Å²) in [6.45, 7) is 5.25. The maximum Gasteiger partial charge on any atom is 0.270 e. The van der Waals surface area contributed by atoms with Gasteiger partial charge in [0, 0.05) is 41.8 Å². The zero-order valence-electron chi connectivity index (χ0n) is 11.0. The molecule has 0 radical (unpaired) electrons. The molecule has 0 aliphatic carbocycles.